The second-order valence-corrected chi connectivity index (χ2v) is 11.0. The topological polar surface area (TPSA) is 139 Å². The van der Waals surface area contributed by atoms with Crippen molar-refractivity contribution in [1.82, 2.24) is 19.5 Å². The largest absolute Gasteiger partial charge is 0.394 e. The zero-order valence-electron chi connectivity index (χ0n) is 20.7. The molecule has 3 atom stereocenters. The number of nitrogens with two attached hydrogens (primary N) is 1. The number of fused-ring (bicyclic) bond motifs is 1. The van der Waals surface area contributed by atoms with Crippen LogP contribution < -0.4 is 11.3 Å². The normalized spacial score (nSPS) is 22.0. The van der Waals surface area contributed by atoms with Gasteiger partial charge in [0.15, 0.2) is 5.65 Å². The molecule has 37 heavy (non-hydrogen) atoms. The van der Waals surface area contributed by atoms with Crippen molar-refractivity contribution in [2.45, 2.75) is 58.0 Å². The SMILES string of the molecule is Cc1sc(-c2ccncc2)cc1C1=C(c2c(C)n([C@H]3C[C@H](O)[C@@H](CO)O3)c3nc(N)[nH]c(=O)c23)CCC1. The van der Waals surface area contributed by atoms with Crippen LogP contribution in [0, 0.1) is 13.8 Å². The van der Waals surface area contributed by atoms with Crippen LogP contribution in [0.1, 0.15) is 53.6 Å². The van der Waals surface area contributed by atoms with Gasteiger partial charge in [0.2, 0.25) is 5.95 Å². The molecule has 6 rings (SSSR count). The van der Waals surface area contributed by atoms with E-state index in [0.717, 1.165) is 41.7 Å². The molecule has 0 aromatic carbocycles. The van der Waals surface area contributed by atoms with Gasteiger partial charge in [-0.1, -0.05) is 0 Å². The molecular formula is C27H29N5O4S. The van der Waals surface area contributed by atoms with E-state index in [9.17, 15) is 15.0 Å². The maximum absolute atomic E-state index is 13.3. The second-order valence-electron chi connectivity index (χ2n) is 9.72. The number of nitrogen functional groups attached to an aromatic ring is 1. The maximum atomic E-state index is 13.3. The average Bonchev–Trinajstić information content (AvgIpc) is 3.64. The lowest BCUT2D eigenvalue weighted by Gasteiger charge is -2.17. The lowest BCUT2D eigenvalue weighted by atomic mass is 9.95. The van der Waals surface area contributed by atoms with Gasteiger partial charge < -0.3 is 25.3 Å². The first kappa shape index (κ1) is 24.1. The summed E-state index contributed by atoms with van der Waals surface area (Å²) in [5.41, 5.74) is 12.5. The fourth-order valence-corrected chi connectivity index (χ4v) is 6.91. The van der Waals surface area contributed by atoms with Crippen molar-refractivity contribution < 1.29 is 14.9 Å². The van der Waals surface area contributed by atoms with E-state index in [0.29, 0.717) is 11.0 Å². The Bertz CT molecular complexity index is 1590. The maximum Gasteiger partial charge on any atom is 0.262 e. The van der Waals surface area contributed by atoms with Gasteiger partial charge in [-0.3, -0.25) is 14.8 Å². The van der Waals surface area contributed by atoms with Crippen LogP contribution in [-0.2, 0) is 4.74 Å². The lowest BCUT2D eigenvalue weighted by Crippen LogP contribution is -2.24. The Morgan fingerprint density at radius 3 is 2.73 bits per heavy atom. The van der Waals surface area contributed by atoms with Crippen LogP contribution in [0.2, 0.25) is 0 Å². The van der Waals surface area contributed by atoms with Gasteiger partial charge in [-0.05, 0) is 73.6 Å². The minimum absolute atomic E-state index is 0.0244. The molecule has 0 spiro atoms. The number of aliphatic hydroxyl groups excluding tert-OH is 2. The van der Waals surface area contributed by atoms with Crippen molar-refractivity contribution >= 4 is 39.5 Å². The highest BCUT2D eigenvalue weighted by molar-refractivity contribution is 7.15. The van der Waals surface area contributed by atoms with E-state index in [-0.39, 0.29) is 24.5 Å². The highest BCUT2D eigenvalue weighted by atomic mass is 32.1. The van der Waals surface area contributed by atoms with Crippen LogP contribution in [0.3, 0.4) is 0 Å². The van der Waals surface area contributed by atoms with Crippen molar-refractivity contribution in [3.05, 3.63) is 62.6 Å². The van der Waals surface area contributed by atoms with Gasteiger partial charge in [0.1, 0.15) is 12.3 Å². The highest BCUT2D eigenvalue weighted by Gasteiger charge is 2.38. The monoisotopic (exact) mass is 519 g/mol. The molecule has 9 nitrogen and oxygen atoms in total. The number of thiophene rings is 1. The number of rotatable bonds is 5. The van der Waals surface area contributed by atoms with Crippen LogP contribution >= 0.6 is 11.3 Å². The number of anilines is 1. The molecule has 5 heterocycles. The Hall–Kier alpha value is -3.31. The van der Waals surface area contributed by atoms with Gasteiger partial charge in [0.05, 0.1) is 18.1 Å². The first-order valence-electron chi connectivity index (χ1n) is 12.5. The lowest BCUT2D eigenvalue weighted by molar-refractivity contribution is -0.0436. The van der Waals surface area contributed by atoms with Crippen LogP contribution in [0.15, 0.2) is 35.4 Å². The van der Waals surface area contributed by atoms with Crippen molar-refractivity contribution in [3.8, 4) is 10.4 Å². The number of pyridine rings is 1. The number of aromatic amines is 1. The molecule has 0 radical (unpaired) electrons. The fraction of sp³-hybridized carbons (Fsp3) is 0.370. The Morgan fingerprint density at radius 1 is 1.24 bits per heavy atom. The molecule has 192 valence electrons. The number of hydrogen-bond donors (Lipinski definition) is 4. The molecule has 0 saturated carbocycles. The quantitative estimate of drug-likeness (QED) is 0.315. The minimum Gasteiger partial charge on any atom is -0.394 e. The Morgan fingerprint density at radius 2 is 2.00 bits per heavy atom. The summed E-state index contributed by atoms with van der Waals surface area (Å²) in [6, 6.07) is 6.28. The zero-order chi connectivity index (χ0) is 25.8. The number of aromatic nitrogens is 4. The first-order chi connectivity index (χ1) is 17.9. The molecule has 4 aromatic rings. The number of aliphatic hydroxyl groups is 2. The molecule has 1 aliphatic carbocycles. The van der Waals surface area contributed by atoms with Crippen LogP contribution in [0.4, 0.5) is 5.95 Å². The van der Waals surface area contributed by atoms with Gasteiger partial charge in [-0.2, -0.15) is 4.98 Å². The summed E-state index contributed by atoms with van der Waals surface area (Å²) in [5.74, 6) is 0.0244. The molecule has 0 unspecified atom stereocenters. The van der Waals surface area contributed by atoms with E-state index < -0.39 is 18.4 Å². The number of H-pyrrole nitrogens is 1. The number of allylic oxidation sites excluding steroid dienone is 2. The first-order valence-corrected chi connectivity index (χ1v) is 13.3. The van der Waals surface area contributed by atoms with Crippen molar-refractivity contribution in [3.63, 3.8) is 0 Å². The Balaban J connectivity index is 1.55. The molecule has 4 aromatic heterocycles. The smallest absolute Gasteiger partial charge is 0.262 e. The number of nitrogens with zero attached hydrogens (tertiary/aromatic N) is 3. The summed E-state index contributed by atoms with van der Waals surface area (Å²) in [7, 11) is 0. The van der Waals surface area contributed by atoms with E-state index in [2.05, 4.69) is 27.9 Å². The summed E-state index contributed by atoms with van der Waals surface area (Å²) in [6.45, 7) is 3.81. The second kappa shape index (κ2) is 9.21. The van der Waals surface area contributed by atoms with Crippen LogP contribution in [0.5, 0.6) is 0 Å². The van der Waals surface area contributed by atoms with Gasteiger partial charge in [0.25, 0.3) is 5.56 Å². The Labute approximate surface area is 217 Å². The third kappa shape index (κ3) is 3.91. The standard InChI is InChI=1S/C27H29N5O4S/c1-13-23(17-5-3-4-16(17)18-10-21(37-14(18)2)15-6-8-29-9-7-15)24-25(30-27(28)31-26(24)35)32(13)22-11-19(34)20(12-33)36-22/h6-10,19-20,22,33-34H,3-5,11-12H2,1-2H3,(H3,28,30,31,35)/t19-,20+,22+/m0/s1. The predicted molar refractivity (Wildman–Crippen MR) is 144 cm³/mol. The zero-order valence-corrected chi connectivity index (χ0v) is 21.5. The third-order valence-corrected chi connectivity index (χ3v) is 8.62. The van der Waals surface area contributed by atoms with E-state index >= 15 is 0 Å². The summed E-state index contributed by atoms with van der Waals surface area (Å²) < 4.78 is 7.85. The van der Waals surface area contributed by atoms with Gasteiger partial charge in [0, 0.05) is 39.8 Å². The van der Waals surface area contributed by atoms with Crippen LogP contribution in [-0.4, -0.2) is 48.5 Å². The van der Waals surface area contributed by atoms with Crippen molar-refractivity contribution in [2.24, 2.45) is 0 Å². The predicted octanol–water partition coefficient (Wildman–Crippen LogP) is 3.78. The summed E-state index contributed by atoms with van der Waals surface area (Å²) in [6.07, 6.45) is 4.57. The number of aryl methyl sites for hydroxylation is 1. The molecule has 10 heteroatoms. The molecule has 2 aliphatic rings. The Kier molecular flexibility index (Phi) is 5.99. The highest BCUT2D eigenvalue weighted by Crippen LogP contribution is 2.47. The van der Waals surface area contributed by atoms with E-state index in [1.165, 1.54) is 20.9 Å². The molecule has 1 fully saturated rings. The molecular weight excluding hydrogens is 490 g/mol. The summed E-state index contributed by atoms with van der Waals surface area (Å²) in [5, 5.41) is 20.5. The van der Waals surface area contributed by atoms with Crippen molar-refractivity contribution in [1.29, 1.82) is 0 Å². The van der Waals surface area contributed by atoms with E-state index in [1.54, 1.807) is 23.7 Å². The molecule has 1 aliphatic heterocycles. The summed E-state index contributed by atoms with van der Waals surface area (Å²) >= 11 is 1.76. The molecule has 0 bridgehead atoms. The van der Waals surface area contributed by atoms with Gasteiger partial charge >= 0.3 is 0 Å². The molecule has 5 N–H and O–H groups in total. The number of hydrogen-bond acceptors (Lipinski definition) is 8. The van der Waals surface area contributed by atoms with Gasteiger partial charge in [-0.25, -0.2) is 0 Å². The number of nitrogens with one attached hydrogen (secondary N) is 1. The summed E-state index contributed by atoms with van der Waals surface area (Å²) in [4.78, 5) is 27.0. The fourth-order valence-electron chi connectivity index (χ4n) is 5.85. The van der Waals surface area contributed by atoms with Gasteiger partial charge in [-0.15, -0.1) is 11.3 Å². The van der Waals surface area contributed by atoms with Crippen molar-refractivity contribution in [2.75, 3.05) is 12.3 Å². The average molecular weight is 520 g/mol. The molecule has 0 amide bonds. The van der Waals surface area contributed by atoms with E-state index in [4.69, 9.17) is 10.5 Å². The molecule has 1 saturated heterocycles. The minimum atomic E-state index is -0.809. The third-order valence-electron chi connectivity index (χ3n) is 7.52. The van der Waals surface area contributed by atoms with Crippen LogP contribution in [0.25, 0.3) is 32.6 Å². The van der Waals surface area contributed by atoms with E-state index in [1.807, 2.05) is 23.6 Å². The number of ether oxygens (including phenoxy) is 1.